The Balaban J connectivity index is 4.81. The number of hydrogen-bond acceptors (Lipinski definition) is 18. The standard InChI is InChI=1S/C96H180N2O16/c1-9-15-21-39-55-79-107-89(99)67-51-37-35-45-61-86(62-46-36-38-52-68-90(100)108-80-56-40-22-16-10-2)84-112-92(102)70-50-34-28-42-58-82-110-94(104)74-76-98(78-77-97(7)8)75-73-93(103)109-81-57-41-27-33-49-69-91(101)111-83-85(59-43-29-25-31-53-71-95(105)113-87(63-19-13-5)65-47-23-17-11-3)60-44-30-26-32-54-72-96(106)114-88(64-20-14-6)66-48-24-18-12-4/h85-88H,9-84H2,1-8H3. The van der Waals surface area contributed by atoms with Crippen molar-refractivity contribution >= 4 is 47.8 Å². The van der Waals surface area contributed by atoms with E-state index >= 15 is 0 Å². The minimum Gasteiger partial charge on any atom is -0.466 e. The number of carbonyl (C=O) groups excluding carboxylic acids is 8. The molecule has 0 aliphatic heterocycles. The molecule has 0 fully saturated rings. The van der Waals surface area contributed by atoms with Crippen molar-refractivity contribution in [1.29, 1.82) is 0 Å². The smallest absolute Gasteiger partial charge is 0.307 e. The van der Waals surface area contributed by atoms with Crippen LogP contribution < -0.4 is 0 Å². The topological polar surface area (TPSA) is 217 Å². The zero-order valence-electron chi connectivity index (χ0n) is 75.5. The second-order valence-corrected chi connectivity index (χ2v) is 33.7. The third kappa shape index (κ3) is 78.8. The van der Waals surface area contributed by atoms with E-state index in [1.807, 2.05) is 14.1 Å². The number of carbonyl (C=O) groups is 8. The van der Waals surface area contributed by atoms with Gasteiger partial charge < -0.3 is 47.7 Å². The highest BCUT2D eigenvalue weighted by molar-refractivity contribution is 5.72. The van der Waals surface area contributed by atoms with E-state index in [1.165, 1.54) is 77.0 Å². The number of unbranched alkanes of at least 4 members (excludes halogenated alkanes) is 38. The summed E-state index contributed by atoms with van der Waals surface area (Å²) in [6.45, 7) is 18.3. The Labute approximate surface area is 699 Å². The molecule has 18 nitrogen and oxygen atoms in total. The minimum absolute atomic E-state index is 0.0432. The average Bonchev–Trinajstić information content (AvgIpc) is 0.973. The zero-order valence-corrected chi connectivity index (χ0v) is 75.5. The second-order valence-electron chi connectivity index (χ2n) is 33.7. The highest BCUT2D eigenvalue weighted by atomic mass is 16.6. The summed E-state index contributed by atoms with van der Waals surface area (Å²) in [5.74, 6) is -0.463. The van der Waals surface area contributed by atoms with Crippen LogP contribution in [0.5, 0.6) is 0 Å². The van der Waals surface area contributed by atoms with Crippen molar-refractivity contribution in [1.82, 2.24) is 9.80 Å². The first-order chi connectivity index (χ1) is 55.6. The lowest BCUT2D eigenvalue weighted by Crippen LogP contribution is -2.35. The van der Waals surface area contributed by atoms with Crippen LogP contribution >= 0.6 is 0 Å². The number of nitrogens with zero attached hydrogens (tertiary/aromatic N) is 2. The number of likely N-dealkylation sites (N-methyl/N-ethyl adjacent to an activating group) is 1. The first kappa shape index (κ1) is 110. The van der Waals surface area contributed by atoms with Crippen LogP contribution in [0.15, 0.2) is 0 Å². The fraction of sp³-hybridized carbons (Fsp3) is 0.917. The lowest BCUT2D eigenvalue weighted by molar-refractivity contribution is -0.151. The van der Waals surface area contributed by atoms with E-state index in [0.717, 1.165) is 302 Å². The van der Waals surface area contributed by atoms with Gasteiger partial charge in [0, 0.05) is 64.7 Å². The van der Waals surface area contributed by atoms with Gasteiger partial charge >= 0.3 is 47.8 Å². The maximum atomic E-state index is 13.1. The molecular weight excluding hydrogens is 1440 g/mol. The molecule has 114 heavy (non-hydrogen) atoms. The Bertz CT molecular complexity index is 2120. The van der Waals surface area contributed by atoms with Crippen LogP contribution in [0.3, 0.4) is 0 Å². The van der Waals surface area contributed by atoms with Crippen molar-refractivity contribution in [3.05, 3.63) is 0 Å². The van der Waals surface area contributed by atoms with E-state index in [2.05, 4.69) is 51.3 Å². The van der Waals surface area contributed by atoms with Crippen LogP contribution in [-0.2, 0) is 76.3 Å². The van der Waals surface area contributed by atoms with Gasteiger partial charge in [0.1, 0.15) is 12.2 Å². The van der Waals surface area contributed by atoms with Gasteiger partial charge in [0.25, 0.3) is 0 Å². The van der Waals surface area contributed by atoms with Gasteiger partial charge in [0.15, 0.2) is 0 Å². The van der Waals surface area contributed by atoms with Gasteiger partial charge in [-0.2, -0.15) is 0 Å². The summed E-state index contributed by atoms with van der Waals surface area (Å²) in [7, 11) is 4.01. The predicted molar refractivity (Wildman–Crippen MR) is 466 cm³/mol. The molecule has 0 spiro atoms. The molecule has 0 aromatic carbocycles. The molecule has 0 aliphatic rings. The van der Waals surface area contributed by atoms with E-state index in [1.54, 1.807) is 0 Å². The number of hydrogen-bond donors (Lipinski definition) is 0. The van der Waals surface area contributed by atoms with Gasteiger partial charge in [0.2, 0.25) is 0 Å². The van der Waals surface area contributed by atoms with E-state index < -0.39 is 0 Å². The molecule has 0 saturated heterocycles. The van der Waals surface area contributed by atoms with Crippen LogP contribution in [0.25, 0.3) is 0 Å². The summed E-state index contributed by atoms with van der Waals surface area (Å²) < 4.78 is 45.9. The quantitative estimate of drug-likeness (QED) is 0.0314. The largest absolute Gasteiger partial charge is 0.466 e. The molecule has 18 heteroatoms. The molecule has 0 saturated carbocycles. The van der Waals surface area contributed by atoms with Crippen molar-refractivity contribution in [2.24, 2.45) is 11.8 Å². The lowest BCUT2D eigenvalue weighted by Gasteiger charge is -2.23. The number of esters is 8. The molecule has 0 rings (SSSR count). The summed E-state index contributed by atoms with van der Waals surface area (Å²) in [4.78, 5) is 106. The molecule has 0 aromatic heterocycles. The Morgan fingerprint density at radius 2 is 0.430 bits per heavy atom. The molecule has 0 N–H and O–H groups in total. The van der Waals surface area contributed by atoms with Gasteiger partial charge in [0.05, 0.1) is 52.5 Å². The Hall–Kier alpha value is -4.32. The average molecular weight is 1620 g/mol. The monoisotopic (exact) mass is 1620 g/mol. The highest BCUT2D eigenvalue weighted by Crippen LogP contribution is 2.25. The molecular formula is C96H180N2O16. The molecule has 0 bridgehead atoms. The van der Waals surface area contributed by atoms with E-state index in [4.69, 9.17) is 37.9 Å². The van der Waals surface area contributed by atoms with Crippen molar-refractivity contribution in [3.8, 4) is 0 Å². The molecule has 2 unspecified atom stereocenters. The van der Waals surface area contributed by atoms with E-state index in [9.17, 15) is 38.4 Å². The molecule has 0 amide bonds. The number of ether oxygens (including phenoxy) is 8. The van der Waals surface area contributed by atoms with Gasteiger partial charge in [-0.1, -0.05) is 286 Å². The Morgan fingerprint density at radius 1 is 0.211 bits per heavy atom. The molecule has 0 aliphatic carbocycles. The normalized spacial score (nSPS) is 12.3. The molecule has 0 radical (unpaired) electrons. The van der Waals surface area contributed by atoms with Crippen LogP contribution in [-0.4, -0.2) is 150 Å². The molecule has 670 valence electrons. The van der Waals surface area contributed by atoms with Crippen molar-refractivity contribution in [2.75, 3.05) is 79.9 Å². The zero-order chi connectivity index (χ0) is 83.5. The summed E-state index contributed by atoms with van der Waals surface area (Å²) in [5, 5.41) is 0. The predicted octanol–water partition coefficient (Wildman–Crippen LogP) is 25.0. The minimum atomic E-state index is -0.248. The summed E-state index contributed by atoms with van der Waals surface area (Å²) in [6, 6.07) is 0. The van der Waals surface area contributed by atoms with Gasteiger partial charge in [-0.3, -0.25) is 38.4 Å². The second kappa shape index (κ2) is 85.1. The third-order valence-corrected chi connectivity index (χ3v) is 22.3. The SMILES string of the molecule is CCCCCCCOC(=O)CCCCCCC(CCCCCCC(=O)OCCCCCCC)COC(=O)CCCCCCCOC(=O)CCN(CCC(=O)OCCCCCCCC(=O)OCC(CCCCCCCC(=O)OC(CCCC)CCCCCC)CCCCCCCC(=O)OC(CCCC)CCCCCC)CCN(C)C. The summed E-state index contributed by atoms with van der Waals surface area (Å²) in [6.07, 6.45) is 62.9. The van der Waals surface area contributed by atoms with Crippen LogP contribution in [0.2, 0.25) is 0 Å². The highest BCUT2D eigenvalue weighted by Gasteiger charge is 2.20. The van der Waals surface area contributed by atoms with Crippen LogP contribution in [0, 0.1) is 11.8 Å². The summed E-state index contributed by atoms with van der Waals surface area (Å²) in [5.41, 5.74) is 0. The van der Waals surface area contributed by atoms with Crippen LogP contribution in [0.1, 0.15) is 465 Å². The molecule has 0 aromatic rings. The molecule has 0 heterocycles. The fourth-order valence-corrected chi connectivity index (χ4v) is 14.7. The Morgan fingerprint density at radius 3 is 0.719 bits per heavy atom. The van der Waals surface area contributed by atoms with Crippen molar-refractivity contribution in [3.63, 3.8) is 0 Å². The van der Waals surface area contributed by atoms with Gasteiger partial charge in [-0.15, -0.1) is 0 Å². The maximum absolute atomic E-state index is 13.1. The third-order valence-electron chi connectivity index (χ3n) is 22.3. The van der Waals surface area contributed by atoms with E-state index in [-0.39, 0.29) is 78.7 Å². The number of rotatable bonds is 89. The van der Waals surface area contributed by atoms with Gasteiger partial charge in [-0.25, -0.2) is 0 Å². The first-order valence-electron chi connectivity index (χ1n) is 48.3. The summed E-state index contributed by atoms with van der Waals surface area (Å²) >= 11 is 0. The van der Waals surface area contributed by atoms with Crippen molar-refractivity contribution in [2.45, 2.75) is 478 Å². The lowest BCUT2D eigenvalue weighted by atomic mass is 9.94. The maximum Gasteiger partial charge on any atom is 0.307 e. The van der Waals surface area contributed by atoms with Crippen LogP contribution in [0.4, 0.5) is 0 Å². The Kier molecular flexibility index (Phi) is 81.9. The fourth-order valence-electron chi connectivity index (χ4n) is 14.7. The van der Waals surface area contributed by atoms with Crippen molar-refractivity contribution < 1.29 is 76.3 Å². The first-order valence-corrected chi connectivity index (χ1v) is 48.3. The molecule has 2 atom stereocenters. The van der Waals surface area contributed by atoms with E-state index in [0.29, 0.717) is 104 Å². The van der Waals surface area contributed by atoms with Gasteiger partial charge in [-0.05, 0) is 154 Å².